The van der Waals surface area contributed by atoms with Gasteiger partial charge in [0.25, 0.3) is 0 Å². The van der Waals surface area contributed by atoms with Crippen molar-refractivity contribution in [1.29, 1.82) is 0 Å². The lowest BCUT2D eigenvalue weighted by molar-refractivity contribution is 0.176. The Morgan fingerprint density at radius 2 is 2.20 bits per heavy atom. The van der Waals surface area contributed by atoms with Gasteiger partial charge in [-0.1, -0.05) is 0 Å². The number of hydrogen-bond acceptors (Lipinski definition) is 7. The van der Waals surface area contributed by atoms with Crippen LogP contribution in [-0.2, 0) is 17.8 Å². The molecule has 1 N–H and O–H groups in total. The van der Waals surface area contributed by atoms with Crippen molar-refractivity contribution >= 4 is 18.4 Å². The summed E-state index contributed by atoms with van der Waals surface area (Å²) in [5, 5.41) is 3.35. The van der Waals surface area contributed by atoms with Crippen molar-refractivity contribution in [2.45, 2.75) is 24.9 Å². The molecule has 1 saturated heterocycles. The molecule has 0 aliphatic carbocycles. The molecular weight excluding hydrogens is 276 g/mol. The summed E-state index contributed by atoms with van der Waals surface area (Å²) in [6.45, 7) is 4.20. The van der Waals surface area contributed by atoms with E-state index in [0.717, 1.165) is 62.1 Å². The second-order valence-electron chi connectivity index (χ2n) is 5.02. The second-order valence-corrected chi connectivity index (χ2v) is 5.60. The number of aryl methyl sites for hydroxylation is 1. The quantitative estimate of drug-likeness (QED) is 0.797. The van der Waals surface area contributed by atoms with Crippen molar-refractivity contribution < 1.29 is 9.47 Å². The van der Waals surface area contributed by atoms with E-state index in [9.17, 15) is 0 Å². The molecule has 1 aromatic rings. The van der Waals surface area contributed by atoms with Crippen LogP contribution in [0.4, 0.5) is 5.82 Å². The first-order valence-corrected chi connectivity index (χ1v) is 7.48. The van der Waals surface area contributed by atoms with Gasteiger partial charge < -0.3 is 19.7 Å². The van der Waals surface area contributed by atoms with Crippen molar-refractivity contribution in [1.82, 2.24) is 15.3 Å². The first kappa shape index (κ1) is 13.9. The lowest BCUT2D eigenvalue weighted by Crippen LogP contribution is -2.44. The van der Waals surface area contributed by atoms with Crippen LogP contribution in [0, 0.1) is 0 Å². The number of methoxy groups -OCH3 is 1. The molecule has 110 valence electrons. The van der Waals surface area contributed by atoms with Crippen LogP contribution in [0.5, 0.6) is 5.75 Å². The highest BCUT2D eigenvalue weighted by molar-refractivity contribution is 7.80. The normalized spacial score (nSPS) is 22.3. The summed E-state index contributed by atoms with van der Waals surface area (Å²) in [4.78, 5) is 11.4. The number of anilines is 1. The average Bonchev–Trinajstić information content (AvgIpc) is 2.48. The summed E-state index contributed by atoms with van der Waals surface area (Å²) in [5.74, 6) is 2.42. The van der Waals surface area contributed by atoms with Gasteiger partial charge >= 0.3 is 0 Å². The van der Waals surface area contributed by atoms with E-state index in [1.165, 1.54) is 0 Å². The number of thiol groups is 1. The van der Waals surface area contributed by atoms with E-state index in [0.29, 0.717) is 6.61 Å². The number of nitrogens with zero attached hydrogens (tertiary/aromatic N) is 3. The van der Waals surface area contributed by atoms with Gasteiger partial charge in [-0.2, -0.15) is 0 Å². The van der Waals surface area contributed by atoms with Gasteiger partial charge in [0.15, 0.2) is 17.4 Å². The fraction of sp³-hybridized carbons (Fsp3) is 0.692. The van der Waals surface area contributed by atoms with Gasteiger partial charge in [0.1, 0.15) is 12.0 Å². The minimum Gasteiger partial charge on any atom is -0.474 e. The molecule has 3 heterocycles. The highest BCUT2D eigenvalue weighted by Crippen LogP contribution is 2.35. The monoisotopic (exact) mass is 296 g/mol. The number of hydrogen-bond donors (Lipinski definition) is 2. The fourth-order valence-electron chi connectivity index (χ4n) is 2.56. The molecule has 0 aromatic carbocycles. The molecule has 0 saturated carbocycles. The molecule has 0 spiro atoms. The summed E-state index contributed by atoms with van der Waals surface area (Å²) in [5.41, 5.74) is 0.909. The number of ether oxygens (including phenoxy) is 2. The van der Waals surface area contributed by atoms with Crippen molar-refractivity contribution in [2.75, 3.05) is 38.2 Å². The maximum Gasteiger partial charge on any atom is 0.184 e. The molecule has 1 aromatic heterocycles. The predicted molar refractivity (Wildman–Crippen MR) is 79.6 cm³/mol. The van der Waals surface area contributed by atoms with Crippen molar-refractivity contribution in [2.24, 2.45) is 0 Å². The Morgan fingerprint density at radius 3 is 2.95 bits per heavy atom. The molecule has 2 aliphatic rings. The molecule has 7 heteroatoms. The minimum absolute atomic E-state index is 0.0685. The van der Waals surface area contributed by atoms with E-state index in [1.54, 1.807) is 7.11 Å². The topological polar surface area (TPSA) is 59.5 Å². The molecule has 20 heavy (non-hydrogen) atoms. The Morgan fingerprint density at radius 1 is 1.40 bits per heavy atom. The zero-order valence-electron chi connectivity index (χ0n) is 11.6. The van der Waals surface area contributed by atoms with Gasteiger partial charge in [0.2, 0.25) is 0 Å². The van der Waals surface area contributed by atoms with Crippen LogP contribution in [-0.4, -0.2) is 48.7 Å². The molecule has 1 atom stereocenters. The van der Waals surface area contributed by atoms with E-state index in [2.05, 4.69) is 32.8 Å². The fourth-order valence-corrected chi connectivity index (χ4v) is 2.80. The lowest BCUT2D eigenvalue weighted by atomic mass is 10.1. The Labute approximate surface area is 124 Å². The standard InChI is InChI=1S/C13H20N4O2S/c1-18-8-10-15-9-2-3-11(20)19-12(9)13(16-10)17-6-4-14-5-7-17/h11,14,20H,2-8H2,1H3. The van der Waals surface area contributed by atoms with Crippen LogP contribution >= 0.6 is 12.6 Å². The largest absolute Gasteiger partial charge is 0.474 e. The molecule has 1 unspecified atom stereocenters. The van der Waals surface area contributed by atoms with Crippen LogP contribution in [0.2, 0.25) is 0 Å². The zero-order valence-corrected chi connectivity index (χ0v) is 12.5. The third kappa shape index (κ3) is 2.84. The summed E-state index contributed by atoms with van der Waals surface area (Å²) in [6, 6.07) is 0. The van der Waals surface area contributed by atoms with Gasteiger partial charge in [0.05, 0.1) is 5.69 Å². The Bertz CT molecular complexity index is 480. The highest BCUT2D eigenvalue weighted by atomic mass is 32.1. The van der Waals surface area contributed by atoms with Crippen molar-refractivity contribution in [3.8, 4) is 5.75 Å². The number of aromatic nitrogens is 2. The Kier molecular flexibility index (Phi) is 4.28. The molecule has 1 fully saturated rings. The van der Waals surface area contributed by atoms with E-state index < -0.39 is 0 Å². The van der Waals surface area contributed by atoms with Crippen LogP contribution in [0.15, 0.2) is 0 Å². The van der Waals surface area contributed by atoms with Gasteiger partial charge in [0, 0.05) is 33.3 Å². The van der Waals surface area contributed by atoms with E-state index in [4.69, 9.17) is 9.47 Å². The van der Waals surface area contributed by atoms with Gasteiger partial charge in [-0.25, -0.2) is 9.97 Å². The molecule has 0 amide bonds. The van der Waals surface area contributed by atoms with Crippen LogP contribution < -0.4 is 15.0 Å². The summed E-state index contributed by atoms with van der Waals surface area (Å²) in [7, 11) is 1.66. The van der Waals surface area contributed by atoms with Crippen LogP contribution in [0.1, 0.15) is 17.9 Å². The SMILES string of the molecule is COCc1nc2c(c(N3CCNCC3)n1)OC(S)CC2. The smallest absolute Gasteiger partial charge is 0.184 e. The molecule has 0 bridgehead atoms. The average molecular weight is 296 g/mol. The van der Waals surface area contributed by atoms with Gasteiger partial charge in [-0.05, 0) is 12.8 Å². The summed E-state index contributed by atoms with van der Waals surface area (Å²) in [6.07, 6.45) is 1.75. The third-order valence-corrected chi connectivity index (χ3v) is 3.90. The van der Waals surface area contributed by atoms with E-state index >= 15 is 0 Å². The molecule has 0 radical (unpaired) electrons. The molecule has 2 aliphatic heterocycles. The first-order valence-electron chi connectivity index (χ1n) is 6.97. The molecule has 3 rings (SSSR count). The third-order valence-electron chi connectivity index (χ3n) is 3.54. The summed E-state index contributed by atoms with van der Waals surface area (Å²) < 4.78 is 11.1. The molecular formula is C13H20N4O2S. The van der Waals surface area contributed by atoms with Crippen LogP contribution in [0.3, 0.4) is 0 Å². The highest BCUT2D eigenvalue weighted by Gasteiger charge is 2.27. The van der Waals surface area contributed by atoms with Crippen molar-refractivity contribution in [3.63, 3.8) is 0 Å². The zero-order chi connectivity index (χ0) is 13.9. The first-order chi connectivity index (χ1) is 9.78. The second kappa shape index (κ2) is 6.15. The lowest BCUT2D eigenvalue weighted by Gasteiger charge is -2.32. The number of nitrogens with one attached hydrogen (secondary N) is 1. The maximum atomic E-state index is 5.89. The van der Waals surface area contributed by atoms with Gasteiger partial charge in [-0.3, -0.25) is 0 Å². The van der Waals surface area contributed by atoms with Crippen LogP contribution in [0.25, 0.3) is 0 Å². The maximum absolute atomic E-state index is 5.89. The number of fused-ring (bicyclic) bond motifs is 1. The number of rotatable bonds is 3. The van der Waals surface area contributed by atoms with Gasteiger partial charge in [-0.15, -0.1) is 12.6 Å². The Balaban J connectivity index is 1.97. The Hall–Kier alpha value is -1.05. The van der Waals surface area contributed by atoms with E-state index in [-0.39, 0.29) is 5.44 Å². The molecule has 6 nitrogen and oxygen atoms in total. The number of piperazine rings is 1. The van der Waals surface area contributed by atoms with E-state index in [1.807, 2.05) is 0 Å². The minimum atomic E-state index is -0.0685. The summed E-state index contributed by atoms with van der Waals surface area (Å²) >= 11 is 4.43. The van der Waals surface area contributed by atoms with Crippen molar-refractivity contribution in [3.05, 3.63) is 11.5 Å². The predicted octanol–water partition coefficient (Wildman–Crippen LogP) is 0.613.